The summed E-state index contributed by atoms with van der Waals surface area (Å²) in [5.41, 5.74) is 2.44. The van der Waals surface area contributed by atoms with Gasteiger partial charge in [0.25, 0.3) is 0 Å². The molecule has 0 aliphatic heterocycles. The molecule has 2 N–H and O–H groups in total. The van der Waals surface area contributed by atoms with E-state index in [-0.39, 0.29) is 6.61 Å². The number of ether oxygens (including phenoxy) is 1. The molecule has 0 saturated carbocycles. The highest BCUT2D eigenvalue weighted by molar-refractivity contribution is 5.68. The van der Waals surface area contributed by atoms with E-state index in [2.05, 4.69) is 5.32 Å². The van der Waals surface area contributed by atoms with E-state index in [0.29, 0.717) is 0 Å². The fraction of sp³-hybridized carbons (Fsp3) is 0.136. The van der Waals surface area contributed by atoms with Gasteiger partial charge in [-0.2, -0.15) is 0 Å². The number of hydrogen-bond acceptors (Lipinski definition) is 3. The van der Waals surface area contributed by atoms with E-state index in [4.69, 9.17) is 4.74 Å². The first kappa shape index (κ1) is 17.7. The first-order valence-electron chi connectivity index (χ1n) is 8.49. The number of alkyl carbamates (subject to hydrolysis) is 1. The second-order valence-electron chi connectivity index (χ2n) is 5.95. The number of aliphatic hydroxyl groups excluding tert-OH is 1. The van der Waals surface area contributed by atoms with Crippen LogP contribution in [0.1, 0.15) is 28.8 Å². The summed E-state index contributed by atoms with van der Waals surface area (Å²) in [5, 5.41) is 13.6. The van der Waals surface area contributed by atoms with Gasteiger partial charge in [0.1, 0.15) is 12.7 Å². The number of hydrogen-bond donors (Lipinski definition) is 2. The fourth-order valence-electron chi connectivity index (χ4n) is 2.74. The summed E-state index contributed by atoms with van der Waals surface area (Å²) in [4.78, 5) is 12.3. The molecule has 0 spiro atoms. The lowest BCUT2D eigenvalue weighted by Gasteiger charge is -2.24. The monoisotopic (exact) mass is 347 g/mol. The quantitative estimate of drug-likeness (QED) is 0.695. The van der Waals surface area contributed by atoms with Crippen LogP contribution in [-0.2, 0) is 11.3 Å². The van der Waals surface area contributed by atoms with Gasteiger partial charge in [-0.3, -0.25) is 0 Å². The molecular weight excluding hydrogens is 326 g/mol. The van der Waals surface area contributed by atoms with Gasteiger partial charge in [-0.05, 0) is 16.7 Å². The maximum Gasteiger partial charge on any atom is 0.408 e. The van der Waals surface area contributed by atoms with Gasteiger partial charge in [-0.1, -0.05) is 91.0 Å². The molecular formula is C22H21NO3. The number of carbonyl (C=O) groups excluding carboxylic acids is 1. The standard InChI is InChI=1S/C22H21NO3/c24-21(19-14-8-3-9-15-19)20(18-12-6-2-7-13-18)23-22(25)26-16-17-10-4-1-5-11-17/h1-15,20-21,24H,16H2,(H,23,25)/t20-,21-/m1/s1. The molecule has 0 bridgehead atoms. The Morgan fingerprint density at radius 3 is 1.88 bits per heavy atom. The van der Waals surface area contributed by atoms with Crippen LogP contribution in [0.3, 0.4) is 0 Å². The van der Waals surface area contributed by atoms with Crippen molar-refractivity contribution >= 4 is 6.09 Å². The third-order valence-corrected chi connectivity index (χ3v) is 4.10. The molecule has 3 rings (SSSR count). The number of carbonyl (C=O) groups is 1. The molecule has 0 unspecified atom stereocenters. The summed E-state index contributed by atoms with van der Waals surface area (Å²) >= 11 is 0. The molecule has 0 aliphatic carbocycles. The van der Waals surface area contributed by atoms with Gasteiger partial charge in [-0.25, -0.2) is 4.79 Å². The van der Waals surface area contributed by atoms with Crippen molar-refractivity contribution in [2.45, 2.75) is 18.8 Å². The number of amides is 1. The molecule has 0 radical (unpaired) electrons. The van der Waals surface area contributed by atoms with Crippen LogP contribution in [-0.4, -0.2) is 11.2 Å². The van der Waals surface area contributed by atoms with Gasteiger partial charge >= 0.3 is 6.09 Å². The van der Waals surface area contributed by atoms with Crippen molar-refractivity contribution in [3.8, 4) is 0 Å². The van der Waals surface area contributed by atoms with Crippen LogP contribution in [0.2, 0.25) is 0 Å². The van der Waals surface area contributed by atoms with Crippen molar-refractivity contribution in [1.29, 1.82) is 0 Å². The lowest BCUT2D eigenvalue weighted by Crippen LogP contribution is -2.33. The van der Waals surface area contributed by atoms with Crippen molar-refractivity contribution < 1.29 is 14.6 Å². The number of nitrogens with one attached hydrogen (secondary N) is 1. The SMILES string of the molecule is O=C(N[C@H](c1ccccc1)[C@H](O)c1ccccc1)OCc1ccccc1. The van der Waals surface area contributed by atoms with E-state index in [0.717, 1.165) is 16.7 Å². The highest BCUT2D eigenvalue weighted by Gasteiger charge is 2.25. The molecule has 1 amide bonds. The third kappa shape index (κ3) is 4.71. The van der Waals surface area contributed by atoms with Crippen LogP contribution < -0.4 is 5.32 Å². The Hall–Kier alpha value is -3.11. The first-order chi connectivity index (χ1) is 12.7. The Labute approximate surface area is 153 Å². The topological polar surface area (TPSA) is 58.6 Å². The van der Waals surface area contributed by atoms with Crippen molar-refractivity contribution in [2.24, 2.45) is 0 Å². The summed E-state index contributed by atoms with van der Waals surface area (Å²) in [6.07, 6.45) is -1.46. The summed E-state index contributed by atoms with van der Waals surface area (Å²) < 4.78 is 5.30. The molecule has 0 heterocycles. The van der Waals surface area contributed by atoms with E-state index < -0.39 is 18.2 Å². The fourth-order valence-corrected chi connectivity index (χ4v) is 2.74. The predicted octanol–water partition coefficient (Wildman–Crippen LogP) is 4.39. The Bertz CT molecular complexity index is 807. The zero-order valence-corrected chi connectivity index (χ0v) is 14.3. The molecule has 4 nitrogen and oxygen atoms in total. The van der Waals surface area contributed by atoms with Crippen LogP contribution in [0, 0.1) is 0 Å². The van der Waals surface area contributed by atoms with Crippen molar-refractivity contribution in [2.75, 3.05) is 0 Å². The summed E-state index contributed by atoms with van der Waals surface area (Å²) in [5.74, 6) is 0. The van der Waals surface area contributed by atoms with E-state index in [1.54, 1.807) is 0 Å². The first-order valence-corrected chi connectivity index (χ1v) is 8.49. The predicted molar refractivity (Wildman–Crippen MR) is 100 cm³/mol. The van der Waals surface area contributed by atoms with Crippen LogP contribution in [0.4, 0.5) is 4.79 Å². The van der Waals surface area contributed by atoms with Crippen molar-refractivity contribution in [3.05, 3.63) is 108 Å². The minimum atomic E-state index is -0.886. The van der Waals surface area contributed by atoms with Gasteiger partial charge in [0, 0.05) is 0 Å². The van der Waals surface area contributed by atoms with Crippen molar-refractivity contribution in [3.63, 3.8) is 0 Å². The second kappa shape index (κ2) is 8.83. The summed E-state index contributed by atoms with van der Waals surface area (Å²) in [7, 11) is 0. The minimum Gasteiger partial charge on any atom is -0.445 e. The highest BCUT2D eigenvalue weighted by atomic mass is 16.5. The zero-order chi connectivity index (χ0) is 18.2. The summed E-state index contributed by atoms with van der Waals surface area (Å²) in [6.45, 7) is 0.176. The molecule has 4 heteroatoms. The lowest BCUT2D eigenvalue weighted by atomic mass is 9.96. The van der Waals surface area contributed by atoms with Crippen LogP contribution in [0.25, 0.3) is 0 Å². The van der Waals surface area contributed by atoms with E-state index in [9.17, 15) is 9.90 Å². The van der Waals surface area contributed by atoms with E-state index >= 15 is 0 Å². The summed E-state index contributed by atoms with van der Waals surface area (Å²) in [6, 6.07) is 27.5. The molecule has 2 atom stereocenters. The number of aliphatic hydroxyl groups is 1. The molecule has 0 saturated heterocycles. The Morgan fingerprint density at radius 2 is 1.31 bits per heavy atom. The van der Waals surface area contributed by atoms with Gasteiger partial charge < -0.3 is 15.2 Å². The van der Waals surface area contributed by atoms with Gasteiger partial charge in [0.2, 0.25) is 0 Å². The number of rotatable bonds is 6. The molecule has 132 valence electrons. The van der Waals surface area contributed by atoms with Crippen LogP contribution >= 0.6 is 0 Å². The Kier molecular flexibility index (Phi) is 6.01. The van der Waals surface area contributed by atoms with Crippen LogP contribution in [0.5, 0.6) is 0 Å². The normalized spacial score (nSPS) is 12.8. The van der Waals surface area contributed by atoms with Gasteiger partial charge in [0.15, 0.2) is 0 Å². The smallest absolute Gasteiger partial charge is 0.408 e. The average molecular weight is 347 g/mol. The van der Waals surface area contributed by atoms with E-state index in [1.807, 2.05) is 91.0 Å². The Balaban J connectivity index is 1.72. The third-order valence-electron chi connectivity index (χ3n) is 4.10. The van der Waals surface area contributed by atoms with Crippen molar-refractivity contribution in [1.82, 2.24) is 5.32 Å². The zero-order valence-electron chi connectivity index (χ0n) is 14.3. The molecule has 26 heavy (non-hydrogen) atoms. The van der Waals surface area contributed by atoms with Gasteiger partial charge in [-0.15, -0.1) is 0 Å². The largest absolute Gasteiger partial charge is 0.445 e. The average Bonchev–Trinajstić information content (AvgIpc) is 2.72. The lowest BCUT2D eigenvalue weighted by molar-refractivity contribution is 0.102. The molecule has 3 aromatic carbocycles. The molecule has 0 aromatic heterocycles. The number of benzene rings is 3. The van der Waals surface area contributed by atoms with E-state index in [1.165, 1.54) is 0 Å². The second-order valence-corrected chi connectivity index (χ2v) is 5.95. The molecule has 3 aromatic rings. The maximum atomic E-state index is 12.3. The highest BCUT2D eigenvalue weighted by Crippen LogP contribution is 2.28. The molecule has 0 fully saturated rings. The minimum absolute atomic E-state index is 0.176. The molecule has 0 aliphatic rings. The van der Waals surface area contributed by atoms with Crippen LogP contribution in [0.15, 0.2) is 91.0 Å². The van der Waals surface area contributed by atoms with Gasteiger partial charge in [0.05, 0.1) is 6.04 Å². The Morgan fingerprint density at radius 1 is 0.808 bits per heavy atom. The maximum absolute atomic E-state index is 12.3.